The lowest BCUT2D eigenvalue weighted by Gasteiger charge is -2.32. The molecule has 1 amide bonds. The van der Waals surface area contributed by atoms with Crippen LogP contribution < -0.4 is 5.32 Å². The van der Waals surface area contributed by atoms with Crippen molar-refractivity contribution in [3.8, 4) is 0 Å². The molecule has 2 rings (SSSR count). The highest BCUT2D eigenvalue weighted by molar-refractivity contribution is 6.33. The Morgan fingerprint density at radius 1 is 1.26 bits per heavy atom. The highest BCUT2D eigenvalue weighted by Crippen LogP contribution is 2.33. The van der Waals surface area contributed by atoms with Crippen LogP contribution in [0, 0.1) is 0 Å². The Balaban J connectivity index is 1.90. The van der Waals surface area contributed by atoms with Gasteiger partial charge in [0.1, 0.15) is 0 Å². The van der Waals surface area contributed by atoms with Gasteiger partial charge >= 0.3 is 6.18 Å². The van der Waals surface area contributed by atoms with Crippen LogP contribution in [-0.2, 0) is 11.0 Å². The Bertz CT molecular complexity index is 557. The molecule has 1 aromatic rings. The average Bonchev–Trinajstić information content (AvgIpc) is 2.48. The van der Waals surface area contributed by atoms with Gasteiger partial charge < -0.3 is 15.1 Å². The number of benzene rings is 1. The first-order valence-electron chi connectivity index (χ1n) is 7.33. The molecule has 1 saturated heterocycles. The summed E-state index contributed by atoms with van der Waals surface area (Å²) in [4.78, 5) is 16.3. The van der Waals surface area contributed by atoms with E-state index in [1.54, 1.807) is 0 Å². The van der Waals surface area contributed by atoms with Gasteiger partial charge in [-0.05, 0) is 25.2 Å². The number of anilines is 1. The Hall–Kier alpha value is -1.31. The first kappa shape index (κ1) is 18.0. The second-order valence-electron chi connectivity index (χ2n) is 5.64. The van der Waals surface area contributed by atoms with E-state index in [0.29, 0.717) is 6.54 Å². The molecule has 0 radical (unpaired) electrons. The molecule has 1 heterocycles. The van der Waals surface area contributed by atoms with Crippen molar-refractivity contribution in [2.24, 2.45) is 0 Å². The second-order valence-corrected chi connectivity index (χ2v) is 6.04. The molecule has 0 aliphatic carbocycles. The smallest absolute Gasteiger partial charge is 0.325 e. The number of hydrogen-bond donors (Lipinski definition) is 1. The summed E-state index contributed by atoms with van der Waals surface area (Å²) in [6, 6.07) is 2.89. The standard InChI is InChI=1S/C15H19ClF3N3O/c1-21-6-8-22(9-7-21)5-4-14(23)20-13-10-11(15(17,18)19)2-3-12(13)16/h2-3,10H,4-9H2,1H3,(H,20,23). The molecule has 8 heteroatoms. The summed E-state index contributed by atoms with van der Waals surface area (Å²) in [5.41, 5.74) is -0.846. The molecule has 0 atom stereocenters. The topological polar surface area (TPSA) is 35.6 Å². The fraction of sp³-hybridized carbons (Fsp3) is 0.533. The van der Waals surface area contributed by atoms with Gasteiger partial charge in [-0.2, -0.15) is 13.2 Å². The van der Waals surface area contributed by atoms with Crippen molar-refractivity contribution in [3.63, 3.8) is 0 Å². The number of piperazine rings is 1. The summed E-state index contributed by atoms with van der Waals surface area (Å²) in [6.07, 6.45) is -4.25. The zero-order valence-electron chi connectivity index (χ0n) is 12.8. The lowest BCUT2D eigenvalue weighted by molar-refractivity contribution is -0.137. The molecule has 1 fully saturated rings. The van der Waals surface area contributed by atoms with E-state index in [9.17, 15) is 18.0 Å². The second kappa shape index (κ2) is 7.51. The summed E-state index contributed by atoms with van der Waals surface area (Å²) >= 11 is 5.86. The van der Waals surface area contributed by atoms with Gasteiger partial charge in [-0.1, -0.05) is 11.6 Å². The van der Waals surface area contributed by atoms with E-state index in [-0.39, 0.29) is 23.0 Å². The van der Waals surface area contributed by atoms with Crippen LogP contribution in [0.4, 0.5) is 18.9 Å². The van der Waals surface area contributed by atoms with Gasteiger partial charge in [0.05, 0.1) is 16.3 Å². The van der Waals surface area contributed by atoms with Crippen LogP contribution in [0.2, 0.25) is 5.02 Å². The molecule has 1 N–H and O–H groups in total. The van der Waals surface area contributed by atoms with E-state index in [2.05, 4.69) is 15.1 Å². The number of likely N-dealkylation sites (N-methyl/N-ethyl adjacent to an activating group) is 1. The summed E-state index contributed by atoms with van der Waals surface area (Å²) < 4.78 is 38.1. The number of nitrogens with one attached hydrogen (secondary N) is 1. The van der Waals surface area contributed by atoms with Gasteiger partial charge in [-0.15, -0.1) is 0 Å². The Morgan fingerprint density at radius 2 is 1.91 bits per heavy atom. The number of rotatable bonds is 4. The van der Waals surface area contributed by atoms with Crippen molar-refractivity contribution in [1.82, 2.24) is 9.80 Å². The maximum Gasteiger partial charge on any atom is 0.416 e. The molecule has 1 aliphatic rings. The Kier molecular flexibility index (Phi) is 5.89. The normalized spacial score (nSPS) is 17.3. The van der Waals surface area contributed by atoms with Gasteiger partial charge in [-0.25, -0.2) is 0 Å². The minimum atomic E-state index is -4.47. The number of amides is 1. The third kappa shape index (κ3) is 5.37. The fourth-order valence-corrected chi connectivity index (χ4v) is 2.51. The molecule has 0 bridgehead atoms. The third-order valence-electron chi connectivity index (χ3n) is 3.82. The van der Waals surface area contributed by atoms with Crippen LogP contribution in [0.3, 0.4) is 0 Å². The van der Waals surface area contributed by atoms with Gasteiger partial charge in [0.15, 0.2) is 0 Å². The molecule has 1 aliphatic heterocycles. The summed E-state index contributed by atoms with van der Waals surface area (Å²) in [7, 11) is 2.04. The highest BCUT2D eigenvalue weighted by atomic mass is 35.5. The predicted molar refractivity (Wildman–Crippen MR) is 83.6 cm³/mol. The molecular weight excluding hydrogens is 331 g/mol. The van der Waals surface area contributed by atoms with E-state index in [0.717, 1.165) is 44.4 Å². The maximum atomic E-state index is 12.7. The zero-order chi connectivity index (χ0) is 17.0. The molecule has 0 saturated carbocycles. The van der Waals surface area contributed by atoms with Crippen molar-refractivity contribution in [2.75, 3.05) is 45.1 Å². The third-order valence-corrected chi connectivity index (χ3v) is 4.15. The number of alkyl halides is 3. The van der Waals surface area contributed by atoms with Crippen LogP contribution in [0.1, 0.15) is 12.0 Å². The molecule has 0 unspecified atom stereocenters. The van der Waals surface area contributed by atoms with E-state index >= 15 is 0 Å². The quantitative estimate of drug-likeness (QED) is 0.908. The molecule has 128 valence electrons. The van der Waals surface area contributed by atoms with Crippen LogP contribution in [0.15, 0.2) is 18.2 Å². The monoisotopic (exact) mass is 349 g/mol. The van der Waals surface area contributed by atoms with Gasteiger partial charge in [-0.3, -0.25) is 4.79 Å². The Morgan fingerprint density at radius 3 is 2.52 bits per heavy atom. The maximum absolute atomic E-state index is 12.7. The van der Waals surface area contributed by atoms with Crippen molar-refractivity contribution in [3.05, 3.63) is 28.8 Å². The molecule has 1 aromatic carbocycles. The number of carbonyl (C=O) groups is 1. The minimum Gasteiger partial charge on any atom is -0.325 e. The molecular formula is C15H19ClF3N3O. The van der Waals surface area contributed by atoms with E-state index in [1.807, 2.05) is 7.05 Å². The van der Waals surface area contributed by atoms with Crippen molar-refractivity contribution in [2.45, 2.75) is 12.6 Å². The van der Waals surface area contributed by atoms with Crippen LogP contribution >= 0.6 is 11.6 Å². The zero-order valence-corrected chi connectivity index (χ0v) is 13.5. The first-order chi connectivity index (χ1) is 10.8. The average molecular weight is 350 g/mol. The summed E-state index contributed by atoms with van der Waals surface area (Å²) in [6.45, 7) is 4.24. The predicted octanol–water partition coefficient (Wildman–Crippen LogP) is 2.93. The number of carbonyl (C=O) groups excluding carboxylic acids is 1. The molecule has 23 heavy (non-hydrogen) atoms. The Labute approximate surface area is 138 Å². The van der Waals surface area contributed by atoms with Crippen LogP contribution in [-0.4, -0.2) is 55.5 Å². The number of nitrogens with zero attached hydrogens (tertiary/aromatic N) is 2. The number of hydrogen-bond acceptors (Lipinski definition) is 3. The first-order valence-corrected chi connectivity index (χ1v) is 7.71. The van der Waals surface area contributed by atoms with E-state index < -0.39 is 11.7 Å². The number of halogens is 4. The SMILES string of the molecule is CN1CCN(CCC(=O)Nc2cc(C(F)(F)F)ccc2Cl)CC1. The molecule has 0 spiro atoms. The van der Waals surface area contributed by atoms with Crippen LogP contribution in [0.25, 0.3) is 0 Å². The largest absolute Gasteiger partial charge is 0.416 e. The van der Waals surface area contributed by atoms with Crippen molar-refractivity contribution >= 4 is 23.2 Å². The van der Waals surface area contributed by atoms with Gasteiger partial charge in [0, 0.05) is 39.1 Å². The highest BCUT2D eigenvalue weighted by Gasteiger charge is 2.31. The van der Waals surface area contributed by atoms with E-state index in [1.165, 1.54) is 0 Å². The molecule has 0 aromatic heterocycles. The van der Waals surface area contributed by atoms with Gasteiger partial charge in [0.2, 0.25) is 5.91 Å². The van der Waals surface area contributed by atoms with Gasteiger partial charge in [0.25, 0.3) is 0 Å². The minimum absolute atomic E-state index is 0.00938. The van der Waals surface area contributed by atoms with Crippen molar-refractivity contribution < 1.29 is 18.0 Å². The molecule has 4 nitrogen and oxygen atoms in total. The lowest BCUT2D eigenvalue weighted by Crippen LogP contribution is -2.45. The van der Waals surface area contributed by atoms with Crippen LogP contribution in [0.5, 0.6) is 0 Å². The summed E-state index contributed by atoms with van der Waals surface area (Å²) in [5, 5.41) is 2.55. The fourth-order valence-electron chi connectivity index (χ4n) is 2.34. The van der Waals surface area contributed by atoms with E-state index in [4.69, 9.17) is 11.6 Å². The van der Waals surface area contributed by atoms with Crippen molar-refractivity contribution in [1.29, 1.82) is 0 Å². The summed E-state index contributed by atoms with van der Waals surface area (Å²) in [5.74, 6) is -0.342. The lowest BCUT2D eigenvalue weighted by atomic mass is 10.2.